The molecule has 0 N–H and O–H groups in total. The number of esters is 1. The lowest BCUT2D eigenvalue weighted by Crippen LogP contribution is -2.02. The minimum atomic E-state index is -0.718. The van der Waals surface area contributed by atoms with Crippen molar-refractivity contribution in [3.8, 4) is 17.4 Å². The molecule has 1 aromatic carbocycles. The highest BCUT2D eigenvalue weighted by Crippen LogP contribution is 2.30. The predicted octanol–water partition coefficient (Wildman–Crippen LogP) is 4.33. The van der Waals surface area contributed by atoms with Crippen molar-refractivity contribution in [2.45, 2.75) is 0 Å². The number of rotatable bonds is 3. The van der Waals surface area contributed by atoms with Crippen LogP contribution < -0.4 is 0 Å². The zero-order valence-corrected chi connectivity index (χ0v) is 12.4. The van der Waals surface area contributed by atoms with Gasteiger partial charge >= 0.3 is 5.97 Å². The Kier molecular flexibility index (Phi) is 4.69. The van der Waals surface area contributed by atoms with Gasteiger partial charge in [-0.15, -0.1) is 0 Å². The van der Waals surface area contributed by atoms with Crippen molar-refractivity contribution in [1.29, 1.82) is 5.26 Å². The number of hydrogen-bond acceptors (Lipinski definition) is 4. The van der Waals surface area contributed by atoms with Crippen LogP contribution in [0, 0.1) is 11.3 Å². The second kappa shape index (κ2) is 6.49. The Hall–Kier alpha value is -2.22. The van der Waals surface area contributed by atoms with Gasteiger partial charge in [-0.25, -0.2) is 4.79 Å². The van der Waals surface area contributed by atoms with Crippen molar-refractivity contribution in [1.82, 2.24) is 0 Å². The van der Waals surface area contributed by atoms with E-state index < -0.39 is 5.97 Å². The molecular weight excluding hydrogens is 313 g/mol. The predicted molar refractivity (Wildman–Crippen MR) is 79.8 cm³/mol. The first-order valence-electron chi connectivity index (χ1n) is 5.80. The monoisotopic (exact) mass is 321 g/mol. The van der Waals surface area contributed by atoms with E-state index in [1.165, 1.54) is 13.2 Å². The van der Waals surface area contributed by atoms with Gasteiger partial charge in [0.05, 0.1) is 17.2 Å². The van der Waals surface area contributed by atoms with Gasteiger partial charge in [-0.1, -0.05) is 23.2 Å². The highest BCUT2D eigenvalue weighted by atomic mass is 35.5. The van der Waals surface area contributed by atoms with Gasteiger partial charge in [-0.05, 0) is 30.3 Å². The summed E-state index contributed by atoms with van der Waals surface area (Å²) in [6, 6.07) is 10.2. The summed E-state index contributed by atoms with van der Waals surface area (Å²) in [7, 11) is 1.21. The fourth-order valence-electron chi connectivity index (χ4n) is 1.62. The summed E-state index contributed by atoms with van der Waals surface area (Å²) in [5, 5.41) is 9.75. The Bertz CT molecular complexity index is 757. The van der Waals surface area contributed by atoms with Crippen LogP contribution >= 0.6 is 23.2 Å². The van der Waals surface area contributed by atoms with Crippen LogP contribution in [-0.2, 0) is 9.53 Å². The molecule has 106 valence electrons. The van der Waals surface area contributed by atoms with Gasteiger partial charge < -0.3 is 9.15 Å². The maximum absolute atomic E-state index is 11.3. The Balaban J connectivity index is 2.34. The van der Waals surface area contributed by atoms with Gasteiger partial charge in [0.1, 0.15) is 23.2 Å². The molecule has 0 unspecified atom stereocenters. The molecule has 0 fully saturated rings. The summed E-state index contributed by atoms with van der Waals surface area (Å²) in [6.07, 6.45) is 1.31. The number of carbonyl (C=O) groups is 1. The molecule has 21 heavy (non-hydrogen) atoms. The average molecular weight is 322 g/mol. The zero-order valence-electron chi connectivity index (χ0n) is 10.9. The summed E-state index contributed by atoms with van der Waals surface area (Å²) in [4.78, 5) is 11.3. The number of methoxy groups -OCH3 is 1. The summed E-state index contributed by atoms with van der Waals surface area (Å²) in [5.74, 6) is 0.185. The van der Waals surface area contributed by atoms with Crippen molar-refractivity contribution in [3.63, 3.8) is 0 Å². The molecule has 0 bridgehead atoms. The second-order valence-corrected chi connectivity index (χ2v) is 4.81. The molecule has 0 radical (unpaired) electrons. The third kappa shape index (κ3) is 3.46. The largest absolute Gasteiger partial charge is 0.465 e. The Morgan fingerprint density at radius 3 is 2.67 bits per heavy atom. The van der Waals surface area contributed by atoms with Crippen molar-refractivity contribution in [2.24, 2.45) is 0 Å². The third-order valence-electron chi connectivity index (χ3n) is 2.64. The van der Waals surface area contributed by atoms with E-state index in [1.54, 1.807) is 36.4 Å². The van der Waals surface area contributed by atoms with Crippen molar-refractivity contribution >= 4 is 35.2 Å². The van der Waals surface area contributed by atoms with Crippen LogP contribution in [0.2, 0.25) is 10.0 Å². The highest BCUT2D eigenvalue weighted by molar-refractivity contribution is 6.42. The Morgan fingerprint density at radius 1 is 1.29 bits per heavy atom. The summed E-state index contributed by atoms with van der Waals surface area (Å²) in [6.45, 7) is 0. The molecule has 0 aliphatic rings. The third-order valence-corrected chi connectivity index (χ3v) is 3.38. The van der Waals surface area contributed by atoms with Crippen LogP contribution in [0.4, 0.5) is 0 Å². The van der Waals surface area contributed by atoms with Gasteiger partial charge in [0.2, 0.25) is 0 Å². The van der Waals surface area contributed by atoms with Crippen molar-refractivity contribution < 1.29 is 13.9 Å². The van der Waals surface area contributed by atoms with E-state index in [0.29, 0.717) is 21.6 Å². The summed E-state index contributed by atoms with van der Waals surface area (Å²) < 4.78 is 10.0. The first kappa shape index (κ1) is 15.2. The fourth-order valence-corrected chi connectivity index (χ4v) is 1.92. The van der Waals surface area contributed by atoms with Gasteiger partial charge in [0.25, 0.3) is 0 Å². The normalized spacial score (nSPS) is 11.0. The number of furan rings is 1. The topological polar surface area (TPSA) is 63.2 Å². The maximum Gasteiger partial charge on any atom is 0.348 e. The lowest BCUT2D eigenvalue weighted by Gasteiger charge is -1.99. The lowest BCUT2D eigenvalue weighted by molar-refractivity contribution is -0.135. The van der Waals surface area contributed by atoms with Crippen LogP contribution in [0.15, 0.2) is 40.3 Å². The molecule has 1 aromatic heterocycles. The molecule has 6 heteroatoms. The molecule has 0 aliphatic carbocycles. The van der Waals surface area contributed by atoms with Crippen molar-refractivity contribution in [3.05, 3.63) is 51.7 Å². The SMILES string of the molecule is COC(=O)/C(C#N)=C/c1ccc(-c2ccc(Cl)c(Cl)c2)o1. The molecule has 0 saturated heterocycles. The number of hydrogen-bond donors (Lipinski definition) is 0. The maximum atomic E-state index is 11.3. The number of nitriles is 1. The number of nitrogens with zero attached hydrogens (tertiary/aromatic N) is 1. The van der Waals surface area contributed by atoms with Gasteiger partial charge in [0.15, 0.2) is 0 Å². The van der Waals surface area contributed by atoms with Crippen molar-refractivity contribution in [2.75, 3.05) is 7.11 Å². The quantitative estimate of drug-likeness (QED) is 0.479. The Labute approximate surface area is 131 Å². The first-order valence-corrected chi connectivity index (χ1v) is 6.56. The smallest absolute Gasteiger partial charge is 0.348 e. The zero-order chi connectivity index (χ0) is 15.4. The van der Waals surface area contributed by atoms with E-state index in [9.17, 15) is 4.79 Å². The molecule has 0 aliphatic heterocycles. The fraction of sp³-hybridized carbons (Fsp3) is 0.0667. The number of ether oxygens (including phenoxy) is 1. The highest BCUT2D eigenvalue weighted by Gasteiger charge is 2.11. The van der Waals surface area contributed by atoms with E-state index in [4.69, 9.17) is 32.9 Å². The number of halogens is 2. The summed E-state index contributed by atoms with van der Waals surface area (Å²) >= 11 is 11.8. The van der Waals surface area contributed by atoms with Crippen LogP contribution in [0.25, 0.3) is 17.4 Å². The molecule has 1 heterocycles. The Morgan fingerprint density at radius 2 is 2.05 bits per heavy atom. The molecule has 4 nitrogen and oxygen atoms in total. The average Bonchev–Trinajstić information content (AvgIpc) is 2.95. The molecular formula is C15H9Cl2NO3. The van der Waals surface area contributed by atoms with Gasteiger partial charge in [0, 0.05) is 11.6 Å². The van der Waals surface area contributed by atoms with Crippen LogP contribution in [0.3, 0.4) is 0 Å². The molecule has 2 aromatic rings. The van der Waals surface area contributed by atoms with Crippen LogP contribution in [-0.4, -0.2) is 13.1 Å². The van der Waals surface area contributed by atoms with Gasteiger partial charge in [-0.2, -0.15) is 5.26 Å². The molecule has 0 spiro atoms. The van der Waals surface area contributed by atoms with E-state index >= 15 is 0 Å². The number of benzene rings is 1. The van der Waals surface area contributed by atoms with Crippen LogP contribution in [0.5, 0.6) is 0 Å². The van der Waals surface area contributed by atoms with E-state index in [-0.39, 0.29) is 5.57 Å². The molecule has 0 amide bonds. The van der Waals surface area contributed by atoms with E-state index in [2.05, 4.69) is 4.74 Å². The lowest BCUT2D eigenvalue weighted by atomic mass is 10.2. The minimum absolute atomic E-state index is 0.146. The van der Waals surface area contributed by atoms with Gasteiger partial charge in [-0.3, -0.25) is 0 Å². The first-order chi connectivity index (χ1) is 10.0. The number of carbonyl (C=O) groups excluding carboxylic acids is 1. The second-order valence-electron chi connectivity index (χ2n) is 3.99. The molecule has 2 rings (SSSR count). The van der Waals surface area contributed by atoms with E-state index in [1.807, 2.05) is 0 Å². The molecule has 0 saturated carbocycles. The minimum Gasteiger partial charge on any atom is -0.465 e. The summed E-state index contributed by atoms with van der Waals surface area (Å²) in [5.41, 5.74) is 0.591. The van der Waals surface area contributed by atoms with Crippen LogP contribution in [0.1, 0.15) is 5.76 Å². The van der Waals surface area contributed by atoms with E-state index in [0.717, 1.165) is 5.56 Å². The molecule has 0 atom stereocenters. The standard InChI is InChI=1S/C15H9Cl2NO3/c1-20-15(19)10(8-18)6-11-3-5-14(21-11)9-2-4-12(16)13(17)7-9/h2-7H,1H3/b10-6+.